The smallest absolute Gasteiger partial charge is 0.0538 e. The van der Waals surface area contributed by atoms with Crippen molar-refractivity contribution in [2.24, 2.45) is 0 Å². The first kappa shape index (κ1) is 8.17. The van der Waals surface area contributed by atoms with Crippen LogP contribution in [0.3, 0.4) is 0 Å². The van der Waals surface area contributed by atoms with E-state index >= 15 is 0 Å². The molecule has 0 saturated heterocycles. The molecule has 2 aromatic heterocycles. The average molecular weight is 205 g/mol. The van der Waals surface area contributed by atoms with Crippen molar-refractivity contribution in [3.8, 4) is 0 Å². The van der Waals surface area contributed by atoms with Gasteiger partial charge in [-0.15, -0.1) is 0 Å². The van der Waals surface area contributed by atoms with E-state index in [4.69, 9.17) is 0 Å². The van der Waals surface area contributed by atoms with Gasteiger partial charge in [0.2, 0.25) is 0 Å². The normalized spacial score (nSPS) is 14.2. The minimum absolute atomic E-state index is 1.06. The van der Waals surface area contributed by atoms with Gasteiger partial charge in [-0.3, -0.25) is 0 Å². The minimum atomic E-state index is 1.06. The molecule has 1 nitrogen and oxygen atoms in total. The molecule has 4 rings (SSSR count). The van der Waals surface area contributed by atoms with Gasteiger partial charge in [-0.1, -0.05) is 36.4 Å². The maximum atomic E-state index is 2.32. The van der Waals surface area contributed by atoms with Crippen LogP contribution >= 0.6 is 0 Å². The second-order valence-corrected chi connectivity index (χ2v) is 4.33. The van der Waals surface area contributed by atoms with Gasteiger partial charge in [-0.2, -0.15) is 0 Å². The van der Waals surface area contributed by atoms with E-state index in [1.165, 1.54) is 27.2 Å². The molecule has 1 heteroatoms. The monoisotopic (exact) mass is 205 g/mol. The van der Waals surface area contributed by atoms with Crippen LogP contribution in [0, 0.1) is 0 Å². The molecule has 0 fully saturated rings. The van der Waals surface area contributed by atoms with Crippen LogP contribution in [0.15, 0.2) is 48.7 Å². The molecule has 3 aromatic rings. The number of rotatable bonds is 0. The fourth-order valence-electron chi connectivity index (χ4n) is 2.63. The lowest BCUT2D eigenvalue weighted by Crippen LogP contribution is -2.13. The summed E-state index contributed by atoms with van der Waals surface area (Å²) in [5.74, 6) is 0. The topological polar surface area (TPSA) is 4.41 Å². The van der Waals surface area contributed by atoms with Gasteiger partial charge in [0.05, 0.1) is 5.52 Å². The van der Waals surface area contributed by atoms with E-state index in [0.29, 0.717) is 0 Å². The first-order valence-corrected chi connectivity index (χ1v) is 5.62. The van der Waals surface area contributed by atoms with Crippen LogP contribution in [-0.4, -0.2) is 4.40 Å². The number of nitrogens with zero attached hydrogens (tertiary/aromatic N) is 1. The molecule has 0 spiro atoms. The van der Waals surface area contributed by atoms with E-state index in [0.717, 1.165) is 6.42 Å². The van der Waals surface area contributed by atoms with E-state index in [1.807, 2.05) is 0 Å². The van der Waals surface area contributed by atoms with E-state index < -0.39 is 0 Å². The number of allylic oxidation sites excluding steroid dienone is 2. The van der Waals surface area contributed by atoms with Crippen LogP contribution < -0.4 is 5.35 Å². The highest BCUT2D eigenvalue weighted by molar-refractivity contribution is 5.98. The van der Waals surface area contributed by atoms with E-state index in [1.54, 1.807) is 0 Å². The second-order valence-electron chi connectivity index (χ2n) is 4.33. The number of aromatic nitrogens is 1. The summed E-state index contributed by atoms with van der Waals surface area (Å²) in [4.78, 5) is 0. The van der Waals surface area contributed by atoms with Gasteiger partial charge in [0, 0.05) is 22.3 Å². The molecule has 0 atom stereocenters. The Bertz CT molecular complexity index is 775. The van der Waals surface area contributed by atoms with Crippen molar-refractivity contribution in [2.45, 2.75) is 6.42 Å². The first-order valence-electron chi connectivity index (χ1n) is 5.62. The van der Waals surface area contributed by atoms with Crippen LogP contribution in [0.5, 0.6) is 0 Å². The Kier molecular flexibility index (Phi) is 1.41. The van der Waals surface area contributed by atoms with Crippen molar-refractivity contribution in [2.75, 3.05) is 0 Å². The molecule has 1 aromatic carbocycles. The number of hydrogen-bond donors (Lipinski definition) is 0. The Balaban J connectivity index is 2.29. The van der Waals surface area contributed by atoms with Gasteiger partial charge in [-0.25, -0.2) is 0 Å². The summed E-state index contributed by atoms with van der Waals surface area (Å²) in [6.45, 7) is 0. The molecular formula is C15H11N. The number of hydrogen-bond acceptors (Lipinski definition) is 0. The highest BCUT2D eigenvalue weighted by atomic mass is 14.9. The van der Waals surface area contributed by atoms with Gasteiger partial charge in [0.25, 0.3) is 0 Å². The lowest BCUT2D eigenvalue weighted by molar-refractivity contribution is 1.12. The number of benzene rings is 1. The van der Waals surface area contributed by atoms with E-state index in [2.05, 4.69) is 59.2 Å². The second kappa shape index (κ2) is 2.76. The average Bonchev–Trinajstić information content (AvgIpc) is 2.85. The molecule has 0 saturated carbocycles. The van der Waals surface area contributed by atoms with Crippen LogP contribution in [0.4, 0.5) is 0 Å². The number of fused-ring (bicyclic) bond motifs is 5. The third-order valence-corrected chi connectivity index (χ3v) is 3.39. The fourth-order valence-corrected chi connectivity index (χ4v) is 2.63. The zero-order valence-electron chi connectivity index (χ0n) is 8.85. The minimum Gasteiger partial charge on any atom is -0.316 e. The molecule has 0 amide bonds. The van der Waals surface area contributed by atoms with Crippen molar-refractivity contribution in [3.05, 3.63) is 59.6 Å². The lowest BCUT2D eigenvalue weighted by Gasteiger charge is -1.96. The predicted octanol–water partition coefficient (Wildman–Crippen LogP) is 2.70. The molecule has 0 bridgehead atoms. The first-order chi connectivity index (χ1) is 7.93. The van der Waals surface area contributed by atoms with Crippen LogP contribution in [0.25, 0.3) is 22.4 Å². The molecule has 1 aliphatic carbocycles. The van der Waals surface area contributed by atoms with Crippen molar-refractivity contribution in [3.63, 3.8) is 0 Å². The summed E-state index contributed by atoms with van der Waals surface area (Å²) >= 11 is 0. The summed E-state index contributed by atoms with van der Waals surface area (Å²) < 4.78 is 2.31. The predicted molar refractivity (Wildman–Crippen MR) is 67.4 cm³/mol. The Hall–Kier alpha value is -2.02. The molecule has 0 aliphatic heterocycles. The van der Waals surface area contributed by atoms with Crippen LogP contribution in [0.2, 0.25) is 0 Å². The maximum absolute atomic E-state index is 2.32. The van der Waals surface area contributed by atoms with E-state index in [-0.39, 0.29) is 0 Å². The van der Waals surface area contributed by atoms with Crippen molar-refractivity contribution >= 4 is 22.4 Å². The lowest BCUT2D eigenvalue weighted by atomic mass is 10.1. The Morgan fingerprint density at radius 3 is 3.06 bits per heavy atom. The van der Waals surface area contributed by atoms with Gasteiger partial charge >= 0.3 is 0 Å². The highest BCUT2D eigenvalue weighted by Crippen LogP contribution is 2.22. The van der Waals surface area contributed by atoms with Gasteiger partial charge < -0.3 is 4.40 Å². The Morgan fingerprint density at radius 2 is 2.06 bits per heavy atom. The summed E-state index contributed by atoms with van der Waals surface area (Å²) in [7, 11) is 0. The largest absolute Gasteiger partial charge is 0.316 e. The molecule has 0 unspecified atom stereocenters. The SMILES string of the molecule is C1=CCc2cc3c4ccccc4cn3c2=C1. The highest BCUT2D eigenvalue weighted by Gasteiger charge is 2.09. The standard InChI is InChI=1S/C15H11N/c1-3-7-13-12(6-1)10-16-14-8-4-2-5-11(14)9-15(13)16/h1-4,6-10H,5H2. The zero-order valence-corrected chi connectivity index (χ0v) is 8.85. The maximum Gasteiger partial charge on any atom is 0.0538 e. The zero-order chi connectivity index (χ0) is 10.5. The van der Waals surface area contributed by atoms with Crippen molar-refractivity contribution < 1.29 is 0 Å². The summed E-state index contributed by atoms with van der Waals surface area (Å²) in [6.07, 6.45) is 9.85. The Morgan fingerprint density at radius 1 is 1.12 bits per heavy atom. The summed E-state index contributed by atoms with van der Waals surface area (Å²) in [5, 5.41) is 4.02. The van der Waals surface area contributed by atoms with Gasteiger partial charge in [0.1, 0.15) is 0 Å². The molecule has 16 heavy (non-hydrogen) atoms. The van der Waals surface area contributed by atoms with Gasteiger partial charge in [-0.05, 0) is 24.1 Å². The molecule has 1 aliphatic rings. The van der Waals surface area contributed by atoms with Crippen molar-refractivity contribution in [1.82, 2.24) is 4.40 Å². The molecule has 0 radical (unpaired) electrons. The molecular weight excluding hydrogens is 194 g/mol. The van der Waals surface area contributed by atoms with Crippen molar-refractivity contribution in [1.29, 1.82) is 0 Å². The summed E-state index contributed by atoms with van der Waals surface area (Å²) in [5.41, 5.74) is 2.77. The van der Waals surface area contributed by atoms with Crippen LogP contribution in [-0.2, 0) is 6.42 Å². The third kappa shape index (κ3) is 0.904. The third-order valence-electron chi connectivity index (χ3n) is 3.39. The quantitative estimate of drug-likeness (QED) is 0.531. The van der Waals surface area contributed by atoms with E-state index in [9.17, 15) is 0 Å². The van der Waals surface area contributed by atoms with Crippen LogP contribution in [0.1, 0.15) is 5.56 Å². The molecule has 76 valence electrons. The molecule has 2 heterocycles. The van der Waals surface area contributed by atoms with Gasteiger partial charge in [0.15, 0.2) is 0 Å². The molecule has 0 N–H and O–H groups in total. The fraction of sp³-hybridized carbons (Fsp3) is 0.0667. The Labute approximate surface area is 93.3 Å². The summed E-state index contributed by atoms with van der Waals surface area (Å²) in [6, 6.07) is 10.9.